The fourth-order valence-corrected chi connectivity index (χ4v) is 0.484. The van der Waals surface area contributed by atoms with Crippen LogP contribution in [0.3, 0.4) is 0 Å². The molecule has 3 nitrogen and oxygen atoms in total. The van der Waals surface area contributed by atoms with Gasteiger partial charge in [-0.1, -0.05) is 27.7 Å². The van der Waals surface area contributed by atoms with Gasteiger partial charge in [-0.25, -0.2) is 0 Å². The first-order valence-electron chi connectivity index (χ1n) is 4.24. The van der Waals surface area contributed by atoms with Crippen LogP contribution in [0.15, 0.2) is 0 Å². The lowest BCUT2D eigenvalue weighted by atomic mass is 10.1. The van der Waals surface area contributed by atoms with Gasteiger partial charge in [0.05, 0.1) is 11.8 Å². The van der Waals surface area contributed by atoms with Crippen LogP contribution < -0.4 is 0 Å². The molecule has 3 heteroatoms. The molecular weight excluding hydrogens is 156 g/mol. The third-order valence-corrected chi connectivity index (χ3v) is 1.69. The van der Waals surface area contributed by atoms with E-state index < -0.39 is 11.9 Å². The predicted molar refractivity (Wildman–Crippen MR) is 45.4 cm³/mol. The van der Waals surface area contributed by atoms with Crippen LogP contribution in [0.1, 0.15) is 34.1 Å². The lowest BCUT2D eigenvalue weighted by Gasteiger charge is -2.08. The minimum absolute atomic E-state index is 0.187. The molecule has 0 aliphatic heterocycles. The predicted octanol–water partition coefficient (Wildman–Crippen LogP) is 1.76. The van der Waals surface area contributed by atoms with Crippen LogP contribution in [-0.2, 0) is 14.3 Å². The molecule has 0 saturated carbocycles. The molecule has 0 aromatic heterocycles. The molecule has 0 aliphatic carbocycles. The van der Waals surface area contributed by atoms with Crippen molar-refractivity contribution in [3.63, 3.8) is 0 Å². The molecule has 0 rings (SSSR count). The number of rotatable bonds is 3. The molecule has 0 fully saturated rings. The van der Waals surface area contributed by atoms with Gasteiger partial charge in [0.25, 0.3) is 0 Å². The number of esters is 2. The number of carbonyl (C=O) groups is 2. The molecule has 0 amide bonds. The molecule has 0 aromatic rings. The summed E-state index contributed by atoms with van der Waals surface area (Å²) >= 11 is 0. The Kier molecular flexibility index (Phi) is 4.55. The maximum atomic E-state index is 11.0. The van der Waals surface area contributed by atoms with Crippen LogP contribution in [-0.4, -0.2) is 11.9 Å². The van der Waals surface area contributed by atoms with Crippen molar-refractivity contribution in [1.29, 1.82) is 0 Å². The lowest BCUT2D eigenvalue weighted by Crippen LogP contribution is -2.21. The van der Waals surface area contributed by atoms with Gasteiger partial charge in [0, 0.05) is 0 Å². The van der Waals surface area contributed by atoms with Gasteiger partial charge in [0.15, 0.2) is 0 Å². The van der Waals surface area contributed by atoms with Crippen molar-refractivity contribution in [2.75, 3.05) is 0 Å². The Bertz CT molecular complexity index is 173. The van der Waals surface area contributed by atoms with Gasteiger partial charge in [-0.05, 0) is 6.42 Å². The average Bonchev–Trinajstić information content (AvgIpc) is 2.02. The highest BCUT2D eigenvalue weighted by molar-refractivity contribution is 5.87. The summed E-state index contributed by atoms with van der Waals surface area (Å²) in [5.74, 6) is -1.29. The van der Waals surface area contributed by atoms with Crippen LogP contribution >= 0.6 is 0 Å². The van der Waals surface area contributed by atoms with Gasteiger partial charge >= 0.3 is 11.9 Å². The highest BCUT2D eigenvalue weighted by Gasteiger charge is 2.18. The van der Waals surface area contributed by atoms with E-state index in [9.17, 15) is 9.59 Å². The van der Waals surface area contributed by atoms with Crippen LogP contribution in [0.5, 0.6) is 0 Å². The van der Waals surface area contributed by atoms with Gasteiger partial charge in [-0.15, -0.1) is 0 Å². The van der Waals surface area contributed by atoms with Crippen LogP contribution in [0.4, 0.5) is 0 Å². The van der Waals surface area contributed by atoms with Crippen molar-refractivity contribution in [3.8, 4) is 0 Å². The van der Waals surface area contributed by atoms with Crippen molar-refractivity contribution >= 4 is 11.9 Å². The Hall–Kier alpha value is -0.860. The van der Waals surface area contributed by atoms with Crippen LogP contribution in [0.25, 0.3) is 0 Å². The molecule has 0 aromatic carbocycles. The molecule has 0 spiro atoms. The first-order valence-corrected chi connectivity index (χ1v) is 4.24. The fourth-order valence-electron chi connectivity index (χ4n) is 0.484. The van der Waals surface area contributed by atoms with E-state index in [0.29, 0.717) is 6.42 Å². The van der Waals surface area contributed by atoms with E-state index in [-0.39, 0.29) is 11.8 Å². The van der Waals surface area contributed by atoms with Gasteiger partial charge in [0.2, 0.25) is 0 Å². The van der Waals surface area contributed by atoms with E-state index >= 15 is 0 Å². The zero-order chi connectivity index (χ0) is 9.72. The maximum absolute atomic E-state index is 11.0. The largest absolute Gasteiger partial charge is 0.393 e. The smallest absolute Gasteiger partial charge is 0.316 e. The Labute approximate surface area is 73.1 Å². The monoisotopic (exact) mass is 172 g/mol. The first-order chi connectivity index (χ1) is 5.49. The Balaban J connectivity index is 3.93. The molecule has 1 unspecified atom stereocenters. The molecule has 0 saturated heterocycles. The highest BCUT2D eigenvalue weighted by Crippen LogP contribution is 2.05. The Morgan fingerprint density at radius 2 is 1.67 bits per heavy atom. The van der Waals surface area contributed by atoms with Gasteiger partial charge < -0.3 is 4.74 Å². The third-order valence-electron chi connectivity index (χ3n) is 1.69. The summed E-state index contributed by atoms with van der Waals surface area (Å²) in [7, 11) is 0. The number of ether oxygens (including phenoxy) is 1. The average molecular weight is 172 g/mol. The molecule has 0 bridgehead atoms. The summed E-state index contributed by atoms with van der Waals surface area (Å²) in [5, 5.41) is 0. The number of carbonyl (C=O) groups excluding carboxylic acids is 2. The summed E-state index contributed by atoms with van der Waals surface area (Å²) in [6, 6.07) is 0. The summed E-state index contributed by atoms with van der Waals surface area (Å²) in [6.07, 6.45) is 0.699. The van der Waals surface area contributed by atoms with Gasteiger partial charge in [-0.3, -0.25) is 9.59 Å². The molecule has 0 radical (unpaired) electrons. The topological polar surface area (TPSA) is 43.4 Å². The van der Waals surface area contributed by atoms with Crippen LogP contribution in [0, 0.1) is 11.8 Å². The second kappa shape index (κ2) is 4.91. The van der Waals surface area contributed by atoms with Crippen molar-refractivity contribution in [1.82, 2.24) is 0 Å². The summed E-state index contributed by atoms with van der Waals surface area (Å²) < 4.78 is 4.59. The third kappa shape index (κ3) is 3.51. The van der Waals surface area contributed by atoms with E-state index in [1.807, 2.05) is 6.92 Å². The van der Waals surface area contributed by atoms with Crippen molar-refractivity contribution in [2.24, 2.45) is 11.8 Å². The Morgan fingerprint density at radius 1 is 1.17 bits per heavy atom. The van der Waals surface area contributed by atoms with E-state index in [2.05, 4.69) is 4.74 Å². The quantitative estimate of drug-likeness (QED) is 0.481. The SMILES string of the molecule is CCC(C)C(=O)OC(=O)C(C)C. The van der Waals surface area contributed by atoms with Crippen molar-refractivity contribution in [3.05, 3.63) is 0 Å². The standard InChI is InChI=1S/C9H16O3/c1-5-7(4)9(11)12-8(10)6(2)3/h6-7H,5H2,1-4H3. The van der Waals surface area contributed by atoms with E-state index in [1.54, 1.807) is 20.8 Å². The summed E-state index contributed by atoms with van der Waals surface area (Å²) in [4.78, 5) is 22.0. The number of hydrogen-bond donors (Lipinski definition) is 0. The maximum Gasteiger partial charge on any atom is 0.316 e. The van der Waals surface area contributed by atoms with Gasteiger partial charge in [0.1, 0.15) is 0 Å². The molecular formula is C9H16O3. The normalized spacial score (nSPS) is 12.8. The van der Waals surface area contributed by atoms with Crippen molar-refractivity contribution < 1.29 is 14.3 Å². The zero-order valence-electron chi connectivity index (χ0n) is 8.09. The van der Waals surface area contributed by atoms with E-state index in [0.717, 1.165) is 0 Å². The van der Waals surface area contributed by atoms with Crippen molar-refractivity contribution in [2.45, 2.75) is 34.1 Å². The van der Waals surface area contributed by atoms with Gasteiger partial charge in [-0.2, -0.15) is 0 Å². The molecule has 12 heavy (non-hydrogen) atoms. The summed E-state index contributed by atoms with van der Waals surface area (Å²) in [6.45, 7) is 7.03. The molecule has 0 heterocycles. The van der Waals surface area contributed by atoms with E-state index in [1.165, 1.54) is 0 Å². The highest BCUT2D eigenvalue weighted by atomic mass is 16.6. The zero-order valence-corrected chi connectivity index (χ0v) is 8.09. The minimum Gasteiger partial charge on any atom is -0.393 e. The second-order valence-corrected chi connectivity index (χ2v) is 3.20. The Morgan fingerprint density at radius 3 is 2.00 bits per heavy atom. The minimum atomic E-state index is -0.444. The molecule has 0 aliphatic rings. The van der Waals surface area contributed by atoms with E-state index in [4.69, 9.17) is 0 Å². The molecule has 1 atom stereocenters. The second-order valence-electron chi connectivity index (χ2n) is 3.20. The number of hydrogen-bond acceptors (Lipinski definition) is 3. The fraction of sp³-hybridized carbons (Fsp3) is 0.778. The van der Waals surface area contributed by atoms with Crippen LogP contribution in [0.2, 0.25) is 0 Å². The lowest BCUT2D eigenvalue weighted by molar-refractivity contribution is -0.164. The molecule has 70 valence electrons. The molecule has 0 N–H and O–H groups in total. The summed E-state index contributed by atoms with van der Waals surface area (Å²) in [5.41, 5.74) is 0. The first kappa shape index (κ1) is 11.1.